The first kappa shape index (κ1) is 13.1. The molecule has 1 aromatic heterocycles. The monoisotopic (exact) mass is 259 g/mol. The highest BCUT2D eigenvalue weighted by molar-refractivity contribution is 5.90. The van der Waals surface area contributed by atoms with Gasteiger partial charge in [-0.2, -0.15) is 0 Å². The highest BCUT2D eigenvalue weighted by atomic mass is 16.5. The fourth-order valence-electron chi connectivity index (χ4n) is 1.79. The molecule has 0 unspecified atom stereocenters. The van der Waals surface area contributed by atoms with Gasteiger partial charge in [0, 0.05) is 30.5 Å². The van der Waals surface area contributed by atoms with Gasteiger partial charge >= 0.3 is 0 Å². The van der Waals surface area contributed by atoms with E-state index in [1.807, 2.05) is 42.0 Å². The number of aromatic nitrogens is 2. The van der Waals surface area contributed by atoms with Gasteiger partial charge in [-0.15, -0.1) is 0 Å². The summed E-state index contributed by atoms with van der Waals surface area (Å²) >= 11 is 0. The van der Waals surface area contributed by atoms with E-state index < -0.39 is 0 Å². The van der Waals surface area contributed by atoms with Crippen molar-refractivity contribution in [1.82, 2.24) is 9.55 Å². The van der Waals surface area contributed by atoms with Gasteiger partial charge in [0.15, 0.2) is 0 Å². The number of ether oxygens (including phenoxy) is 1. The van der Waals surface area contributed by atoms with Crippen LogP contribution in [0.15, 0.2) is 43.0 Å². The molecule has 1 heterocycles. The first-order valence-corrected chi connectivity index (χ1v) is 6.10. The molecule has 0 radical (unpaired) electrons. The number of rotatable bonds is 5. The lowest BCUT2D eigenvalue weighted by Gasteiger charge is -2.13. The Morgan fingerprint density at radius 1 is 1.42 bits per heavy atom. The Morgan fingerprint density at radius 2 is 2.16 bits per heavy atom. The van der Waals surface area contributed by atoms with E-state index in [1.165, 1.54) is 0 Å². The molecular weight excluding hydrogens is 242 g/mol. The molecule has 2 rings (SSSR count). The molecular formula is C14H17N3O2. The molecule has 0 aliphatic rings. The summed E-state index contributed by atoms with van der Waals surface area (Å²) < 4.78 is 6.98. The van der Waals surface area contributed by atoms with Crippen molar-refractivity contribution in [2.75, 3.05) is 12.4 Å². The Balaban J connectivity index is 1.90. The summed E-state index contributed by atoms with van der Waals surface area (Å²) in [6.07, 6.45) is 5.68. The predicted molar refractivity (Wildman–Crippen MR) is 73.2 cm³/mol. The highest BCUT2D eigenvalue weighted by Crippen LogP contribution is 2.16. The molecule has 5 heteroatoms. The number of hydrogen-bond donors (Lipinski definition) is 1. The smallest absolute Gasteiger partial charge is 0.226 e. The van der Waals surface area contributed by atoms with Crippen molar-refractivity contribution < 1.29 is 9.53 Å². The number of nitrogens with one attached hydrogen (secondary N) is 1. The second-order valence-electron chi connectivity index (χ2n) is 4.34. The van der Waals surface area contributed by atoms with Gasteiger partial charge in [-0.05, 0) is 31.2 Å². The molecule has 0 aliphatic heterocycles. The van der Waals surface area contributed by atoms with E-state index in [0.29, 0.717) is 6.42 Å². The van der Waals surface area contributed by atoms with Crippen LogP contribution in [0.5, 0.6) is 5.75 Å². The van der Waals surface area contributed by atoms with E-state index in [2.05, 4.69) is 10.3 Å². The summed E-state index contributed by atoms with van der Waals surface area (Å²) in [7, 11) is 1.61. The topological polar surface area (TPSA) is 56.1 Å². The van der Waals surface area contributed by atoms with Crippen LogP contribution in [-0.2, 0) is 4.79 Å². The number of carbonyl (C=O) groups is 1. The number of hydrogen-bond acceptors (Lipinski definition) is 3. The Morgan fingerprint density at radius 3 is 2.74 bits per heavy atom. The number of methoxy groups -OCH3 is 1. The molecule has 1 amide bonds. The zero-order valence-electron chi connectivity index (χ0n) is 11.0. The van der Waals surface area contributed by atoms with Gasteiger partial charge in [-0.25, -0.2) is 4.98 Å². The van der Waals surface area contributed by atoms with Crippen LogP contribution in [-0.4, -0.2) is 22.6 Å². The molecule has 100 valence electrons. The minimum Gasteiger partial charge on any atom is -0.497 e. The second-order valence-corrected chi connectivity index (χ2v) is 4.34. The maximum atomic E-state index is 11.9. The van der Waals surface area contributed by atoms with Gasteiger partial charge in [0.2, 0.25) is 5.91 Å². The minimum absolute atomic E-state index is 0.0219. The van der Waals surface area contributed by atoms with Gasteiger partial charge in [-0.3, -0.25) is 4.79 Å². The van der Waals surface area contributed by atoms with Crippen molar-refractivity contribution in [3.05, 3.63) is 43.0 Å². The van der Waals surface area contributed by atoms with Crippen LogP contribution in [0.25, 0.3) is 0 Å². The highest BCUT2D eigenvalue weighted by Gasteiger charge is 2.10. The number of benzene rings is 1. The minimum atomic E-state index is -0.0219. The molecule has 0 saturated heterocycles. The average Bonchev–Trinajstić information content (AvgIpc) is 2.93. The van der Waals surface area contributed by atoms with Gasteiger partial charge < -0.3 is 14.6 Å². The van der Waals surface area contributed by atoms with E-state index >= 15 is 0 Å². The van der Waals surface area contributed by atoms with Crippen molar-refractivity contribution in [2.45, 2.75) is 19.4 Å². The van der Waals surface area contributed by atoms with E-state index in [-0.39, 0.29) is 11.9 Å². The molecule has 0 spiro atoms. The van der Waals surface area contributed by atoms with Crippen LogP contribution in [0.2, 0.25) is 0 Å². The number of carbonyl (C=O) groups excluding carboxylic acids is 1. The van der Waals surface area contributed by atoms with Gasteiger partial charge in [0.25, 0.3) is 0 Å². The molecule has 2 aromatic rings. The normalized spacial score (nSPS) is 11.9. The number of amides is 1. The lowest BCUT2D eigenvalue weighted by Crippen LogP contribution is -2.16. The largest absolute Gasteiger partial charge is 0.497 e. The molecule has 0 aliphatic carbocycles. The third-order valence-electron chi connectivity index (χ3n) is 2.89. The van der Waals surface area contributed by atoms with Crippen LogP contribution in [0, 0.1) is 0 Å². The van der Waals surface area contributed by atoms with E-state index in [1.54, 1.807) is 19.6 Å². The molecule has 5 nitrogen and oxygen atoms in total. The Kier molecular flexibility index (Phi) is 4.18. The fourth-order valence-corrected chi connectivity index (χ4v) is 1.79. The SMILES string of the molecule is COc1ccc(NC(=O)C[C@H](C)n2ccnc2)cc1. The number of imidazole rings is 1. The molecule has 1 N–H and O–H groups in total. The van der Waals surface area contributed by atoms with Crippen LogP contribution in [0.1, 0.15) is 19.4 Å². The van der Waals surface area contributed by atoms with Gasteiger partial charge in [-0.1, -0.05) is 0 Å². The van der Waals surface area contributed by atoms with Crippen molar-refractivity contribution in [2.24, 2.45) is 0 Å². The zero-order valence-corrected chi connectivity index (χ0v) is 11.0. The third kappa shape index (κ3) is 3.58. The second kappa shape index (κ2) is 6.04. The summed E-state index contributed by atoms with van der Waals surface area (Å²) in [4.78, 5) is 15.9. The quantitative estimate of drug-likeness (QED) is 0.897. The average molecular weight is 259 g/mol. The third-order valence-corrected chi connectivity index (χ3v) is 2.89. The molecule has 1 atom stereocenters. The van der Waals surface area contributed by atoms with Crippen molar-refractivity contribution >= 4 is 11.6 Å². The van der Waals surface area contributed by atoms with Gasteiger partial charge in [0.1, 0.15) is 5.75 Å². The van der Waals surface area contributed by atoms with Crippen molar-refractivity contribution in [3.8, 4) is 5.75 Å². The van der Waals surface area contributed by atoms with Crippen molar-refractivity contribution in [1.29, 1.82) is 0 Å². The molecule has 1 aromatic carbocycles. The summed E-state index contributed by atoms with van der Waals surface area (Å²) in [6, 6.07) is 7.35. The lowest BCUT2D eigenvalue weighted by molar-refractivity contribution is -0.116. The summed E-state index contributed by atoms with van der Waals surface area (Å²) in [5, 5.41) is 2.86. The summed E-state index contributed by atoms with van der Waals surface area (Å²) in [5.74, 6) is 0.746. The first-order valence-electron chi connectivity index (χ1n) is 6.10. The Bertz CT molecular complexity index is 520. The zero-order chi connectivity index (χ0) is 13.7. The molecule has 0 fully saturated rings. The van der Waals surface area contributed by atoms with Crippen LogP contribution in [0.4, 0.5) is 5.69 Å². The first-order chi connectivity index (χ1) is 9.19. The number of anilines is 1. The molecule has 19 heavy (non-hydrogen) atoms. The van der Waals surface area contributed by atoms with Crippen molar-refractivity contribution in [3.63, 3.8) is 0 Å². The van der Waals surface area contributed by atoms with Crippen LogP contribution >= 0.6 is 0 Å². The maximum absolute atomic E-state index is 11.9. The fraction of sp³-hybridized carbons (Fsp3) is 0.286. The standard InChI is InChI=1S/C14H17N3O2/c1-11(17-8-7-15-10-17)9-14(18)16-12-3-5-13(19-2)6-4-12/h3-8,10-11H,9H2,1-2H3,(H,16,18)/t11-/m0/s1. The maximum Gasteiger partial charge on any atom is 0.226 e. The Labute approximate surface area is 112 Å². The summed E-state index contributed by atoms with van der Waals surface area (Å²) in [5.41, 5.74) is 0.767. The number of nitrogens with zero attached hydrogens (tertiary/aromatic N) is 2. The lowest BCUT2D eigenvalue weighted by atomic mass is 10.2. The van der Waals surface area contributed by atoms with E-state index in [4.69, 9.17) is 4.74 Å². The molecule has 0 saturated carbocycles. The molecule has 0 bridgehead atoms. The van der Waals surface area contributed by atoms with Gasteiger partial charge in [0.05, 0.1) is 13.4 Å². The van der Waals surface area contributed by atoms with E-state index in [9.17, 15) is 4.79 Å². The van der Waals surface area contributed by atoms with E-state index in [0.717, 1.165) is 11.4 Å². The Hall–Kier alpha value is -2.30. The van der Waals surface area contributed by atoms with Crippen LogP contribution in [0.3, 0.4) is 0 Å². The van der Waals surface area contributed by atoms with Crippen LogP contribution < -0.4 is 10.1 Å². The predicted octanol–water partition coefficient (Wildman–Crippen LogP) is 2.48. The summed E-state index contributed by atoms with van der Waals surface area (Å²) in [6.45, 7) is 1.98.